The summed E-state index contributed by atoms with van der Waals surface area (Å²) in [5.41, 5.74) is -0.908. The molecule has 0 aromatic heterocycles. The van der Waals surface area contributed by atoms with E-state index in [1.54, 1.807) is 0 Å². The molecule has 1 N–H and O–H groups in total. The number of hydrogen-bond acceptors (Lipinski definition) is 3. The molecule has 0 fully saturated rings. The Bertz CT molecular complexity index is 526. The van der Waals surface area contributed by atoms with Crippen LogP contribution < -0.4 is 0 Å². The number of halogens is 3. The smallest absolute Gasteiger partial charge is 0.338 e. The van der Waals surface area contributed by atoms with Crippen molar-refractivity contribution in [3.8, 4) is 0 Å². The zero-order valence-corrected chi connectivity index (χ0v) is 9.27. The second-order valence-electron chi connectivity index (χ2n) is 2.51. The quantitative estimate of drug-likeness (QED) is 0.847. The minimum Gasteiger partial charge on any atom is -0.478 e. The summed E-state index contributed by atoms with van der Waals surface area (Å²) in [6, 6.07) is 0.993. The predicted octanol–water partition coefficient (Wildman–Crippen LogP) is 1.94. The lowest BCUT2D eigenvalue weighted by atomic mass is 10.2. The van der Waals surface area contributed by atoms with Gasteiger partial charge in [0.15, 0.2) is 0 Å². The summed E-state index contributed by atoms with van der Waals surface area (Å²) < 4.78 is 46.2. The summed E-state index contributed by atoms with van der Waals surface area (Å²) in [6.07, 6.45) is 0. The summed E-state index contributed by atoms with van der Waals surface area (Å²) in [6.45, 7) is 0. The predicted molar refractivity (Wildman–Crippen MR) is 49.4 cm³/mol. The normalized spacial score (nSPS) is 11.4. The van der Waals surface area contributed by atoms with Crippen molar-refractivity contribution in [2.75, 3.05) is 0 Å². The Labute approximate surface area is 91.9 Å². The lowest BCUT2D eigenvalue weighted by Gasteiger charge is -2.02. The Balaban J connectivity index is 3.58. The van der Waals surface area contributed by atoms with Crippen molar-refractivity contribution in [1.29, 1.82) is 0 Å². The van der Waals surface area contributed by atoms with Crippen LogP contribution in [0.25, 0.3) is 0 Å². The number of carbonyl (C=O) groups is 1. The Morgan fingerprint density at radius 3 is 2.33 bits per heavy atom. The Kier molecular flexibility index (Phi) is 3.10. The summed E-state index contributed by atoms with van der Waals surface area (Å²) in [5.74, 6) is -2.83. The molecule has 0 aliphatic heterocycles. The molecule has 0 heterocycles. The third kappa shape index (κ3) is 2.51. The molecule has 0 bridgehead atoms. The Morgan fingerprint density at radius 2 is 1.93 bits per heavy atom. The zero-order chi connectivity index (χ0) is 11.8. The lowest BCUT2D eigenvalue weighted by molar-refractivity contribution is 0.0691. The van der Waals surface area contributed by atoms with E-state index in [2.05, 4.69) is 15.9 Å². The standard InChI is InChI=1S/C7H3BrF2O4S/c8-4-2-5(9)3(7(11)12)1-6(4)15(10,13)14/h1-2H,(H,11,12). The molecule has 1 aromatic carbocycles. The Hall–Kier alpha value is -1.02. The Morgan fingerprint density at radius 1 is 1.40 bits per heavy atom. The van der Waals surface area contributed by atoms with Gasteiger partial charge < -0.3 is 5.11 Å². The van der Waals surface area contributed by atoms with Crippen LogP contribution in [0.15, 0.2) is 21.5 Å². The molecule has 8 heteroatoms. The van der Waals surface area contributed by atoms with Crippen LogP contribution in [0.5, 0.6) is 0 Å². The lowest BCUT2D eigenvalue weighted by Crippen LogP contribution is -2.04. The van der Waals surface area contributed by atoms with Crippen LogP contribution in [0.4, 0.5) is 8.28 Å². The molecular weight excluding hydrogens is 298 g/mol. The van der Waals surface area contributed by atoms with E-state index in [9.17, 15) is 21.5 Å². The van der Waals surface area contributed by atoms with Gasteiger partial charge in [-0.05, 0) is 28.1 Å². The first-order chi connectivity index (χ1) is 6.73. The van der Waals surface area contributed by atoms with Crippen LogP contribution in [0.1, 0.15) is 10.4 Å². The molecule has 1 aromatic rings. The molecule has 0 saturated heterocycles. The summed E-state index contributed by atoms with van der Waals surface area (Å²) in [7, 11) is -5.08. The van der Waals surface area contributed by atoms with E-state index in [1.165, 1.54) is 0 Å². The number of carboxylic acids is 1. The summed E-state index contributed by atoms with van der Waals surface area (Å²) in [4.78, 5) is 9.52. The van der Waals surface area contributed by atoms with Gasteiger partial charge in [-0.15, -0.1) is 3.89 Å². The SMILES string of the molecule is O=C(O)c1cc(S(=O)(=O)F)c(Br)cc1F. The zero-order valence-electron chi connectivity index (χ0n) is 6.87. The highest BCUT2D eigenvalue weighted by atomic mass is 79.9. The first-order valence-corrected chi connectivity index (χ1v) is 5.58. The average molecular weight is 301 g/mol. The van der Waals surface area contributed by atoms with Crippen LogP contribution in [-0.4, -0.2) is 19.5 Å². The van der Waals surface area contributed by atoms with Crippen molar-refractivity contribution in [3.63, 3.8) is 0 Å². The van der Waals surface area contributed by atoms with Gasteiger partial charge in [-0.2, -0.15) is 8.42 Å². The van der Waals surface area contributed by atoms with Crippen LogP contribution in [-0.2, 0) is 10.2 Å². The molecule has 0 unspecified atom stereocenters. The maximum absolute atomic E-state index is 12.9. The molecule has 0 saturated carbocycles. The van der Waals surface area contributed by atoms with E-state index < -0.39 is 32.5 Å². The van der Waals surface area contributed by atoms with Crippen LogP contribution in [0, 0.1) is 5.82 Å². The summed E-state index contributed by atoms with van der Waals surface area (Å²) in [5, 5.41) is 8.47. The largest absolute Gasteiger partial charge is 0.478 e. The van der Waals surface area contributed by atoms with Crippen molar-refractivity contribution in [2.45, 2.75) is 4.90 Å². The highest BCUT2D eigenvalue weighted by Crippen LogP contribution is 2.26. The summed E-state index contributed by atoms with van der Waals surface area (Å²) >= 11 is 2.61. The van der Waals surface area contributed by atoms with Crippen LogP contribution in [0.3, 0.4) is 0 Å². The van der Waals surface area contributed by atoms with Crippen molar-refractivity contribution < 1.29 is 26.6 Å². The highest BCUT2D eigenvalue weighted by Gasteiger charge is 2.21. The fraction of sp³-hybridized carbons (Fsp3) is 0. The molecule has 0 amide bonds. The minimum atomic E-state index is -5.08. The van der Waals surface area contributed by atoms with Crippen molar-refractivity contribution in [2.24, 2.45) is 0 Å². The molecule has 4 nitrogen and oxygen atoms in total. The van der Waals surface area contributed by atoms with Crippen molar-refractivity contribution in [1.82, 2.24) is 0 Å². The number of carboxylic acid groups (broad SMARTS) is 1. The van der Waals surface area contributed by atoms with E-state index >= 15 is 0 Å². The highest BCUT2D eigenvalue weighted by molar-refractivity contribution is 9.10. The molecule has 0 spiro atoms. The van der Waals surface area contributed by atoms with Crippen molar-refractivity contribution >= 4 is 32.1 Å². The monoisotopic (exact) mass is 300 g/mol. The van der Waals surface area contributed by atoms with Gasteiger partial charge in [-0.1, -0.05) is 0 Å². The molecule has 0 aliphatic carbocycles. The van der Waals surface area contributed by atoms with Crippen LogP contribution in [0.2, 0.25) is 0 Å². The number of aromatic carboxylic acids is 1. The van der Waals surface area contributed by atoms with E-state index in [-0.39, 0.29) is 4.47 Å². The topological polar surface area (TPSA) is 71.4 Å². The van der Waals surface area contributed by atoms with E-state index in [0.29, 0.717) is 12.1 Å². The maximum atomic E-state index is 12.9. The third-order valence-electron chi connectivity index (χ3n) is 1.51. The second kappa shape index (κ2) is 3.86. The van der Waals surface area contributed by atoms with Crippen molar-refractivity contribution in [3.05, 3.63) is 28.0 Å². The van der Waals surface area contributed by atoms with Gasteiger partial charge in [-0.3, -0.25) is 0 Å². The molecule has 1 rings (SSSR count). The van der Waals surface area contributed by atoms with E-state index in [1.807, 2.05) is 0 Å². The molecular formula is C7H3BrF2O4S. The fourth-order valence-electron chi connectivity index (χ4n) is 0.880. The molecule has 0 aliphatic rings. The minimum absolute atomic E-state index is 0.368. The van der Waals surface area contributed by atoms with Crippen LogP contribution >= 0.6 is 15.9 Å². The first kappa shape index (κ1) is 12.1. The van der Waals surface area contributed by atoms with E-state index in [4.69, 9.17) is 5.11 Å². The number of rotatable bonds is 2. The van der Waals surface area contributed by atoms with Gasteiger partial charge in [0.05, 0.1) is 5.56 Å². The van der Waals surface area contributed by atoms with E-state index in [0.717, 1.165) is 0 Å². The van der Waals surface area contributed by atoms with Gasteiger partial charge in [0.25, 0.3) is 0 Å². The molecule has 15 heavy (non-hydrogen) atoms. The molecule has 0 radical (unpaired) electrons. The number of hydrogen-bond donors (Lipinski definition) is 1. The molecule has 0 atom stereocenters. The van der Waals surface area contributed by atoms with Gasteiger partial charge >= 0.3 is 16.2 Å². The fourth-order valence-corrected chi connectivity index (χ4v) is 2.33. The molecule has 82 valence electrons. The van der Waals surface area contributed by atoms with Gasteiger partial charge in [0.1, 0.15) is 10.7 Å². The van der Waals surface area contributed by atoms with Gasteiger partial charge in [0.2, 0.25) is 0 Å². The average Bonchev–Trinajstić information content (AvgIpc) is 2.00. The van der Waals surface area contributed by atoms with Gasteiger partial charge in [-0.25, -0.2) is 9.18 Å². The number of benzene rings is 1. The second-order valence-corrected chi connectivity index (χ2v) is 4.68. The maximum Gasteiger partial charge on any atom is 0.338 e. The van der Waals surface area contributed by atoms with Gasteiger partial charge in [0, 0.05) is 4.47 Å². The first-order valence-electron chi connectivity index (χ1n) is 3.40. The third-order valence-corrected chi connectivity index (χ3v) is 3.30.